The molecule has 30 heavy (non-hydrogen) atoms. The SMILES string of the molecule is O=C(O)[C@H]1O[C@@H](Oc2ccc3nc(C4=N[C@@H](C(=O)O)CS4)sc3c2)[C@H](O)[C@@H](O)[C@@H]1O. The lowest BCUT2D eigenvalue weighted by Gasteiger charge is -2.38. The van der Waals surface area contributed by atoms with E-state index in [0.29, 0.717) is 26.0 Å². The van der Waals surface area contributed by atoms with Gasteiger partial charge in [0.05, 0.1) is 10.2 Å². The van der Waals surface area contributed by atoms with Crippen molar-refractivity contribution < 1.29 is 44.6 Å². The number of nitrogens with zero attached hydrogens (tertiary/aromatic N) is 2. The van der Waals surface area contributed by atoms with Crippen LogP contribution in [0.15, 0.2) is 23.2 Å². The van der Waals surface area contributed by atoms with E-state index in [1.165, 1.54) is 29.2 Å². The summed E-state index contributed by atoms with van der Waals surface area (Å²) in [5, 5.41) is 49.0. The first-order valence-electron chi connectivity index (χ1n) is 8.68. The van der Waals surface area contributed by atoms with Crippen LogP contribution in [-0.2, 0) is 14.3 Å². The minimum atomic E-state index is -1.80. The molecule has 0 bridgehead atoms. The summed E-state index contributed by atoms with van der Waals surface area (Å²) in [6.45, 7) is 0. The molecule has 0 saturated carbocycles. The van der Waals surface area contributed by atoms with Gasteiger partial charge < -0.3 is 35.0 Å². The van der Waals surface area contributed by atoms with Crippen molar-refractivity contribution in [1.82, 2.24) is 4.98 Å². The Balaban J connectivity index is 1.55. The average Bonchev–Trinajstić information content (AvgIpc) is 3.34. The molecule has 4 rings (SSSR count). The van der Waals surface area contributed by atoms with Crippen molar-refractivity contribution in [3.05, 3.63) is 23.2 Å². The van der Waals surface area contributed by atoms with Gasteiger partial charge in [0.2, 0.25) is 6.29 Å². The van der Waals surface area contributed by atoms with Gasteiger partial charge in [-0.25, -0.2) is 14.6 Å². The molecular weight excluding hydrogens is 440 g/mol. The summed E-state index contributed by atoms with van der Waals surface area (Å²) in [7, 11) is 0. The third-order valence-electron chi connectivity index (χ3n) is 4.54. The van der Waals surface area contributed by atoms with Crippen LogP contribution < -0.4 is 4.74 Å². The van der Waals surface area contributed by atoms with Gasteiger partial charge in [-0.15, -0.1) is 23.1 Å². The van der Waals surface area contributed by atoms with Crippen molar-refractivity contribution in [2.75, 3.05) is 5.75 Å². The Morgan fingerprint density at radius 2 is 1.87 bits per heavy atom. The number of aliphatic carboxylic acids is 2. The fourth-order valence-electron chi connectivity index (χ4n) is 2.97. The summed E-state index contributed by atoms with van der Waals surface area (Å²) in [6, 6.07) is 3.95. The van der Waals surface area contributed by atoms with E-state index in [1.807, 2.05) is 0 Å². The van der Waals surface area contributed by atoms with Crippen LogP contribution in [0, 0.1) is 0 Å². The molecule has 0 spiro atoms. The third-order valence-corrected chi connectivity index (χ3v) is 6.75. The molecule has 0 unspecified atom stereocenters. The summed E-state index contributed by atoms with van der Waals surface area (Å²) >= 11 is 2.58. The normalized spacial score (nSPS) is 31.5. The monoisotopic (exact) mass is 456 g/mol. The van der Waals surface area contributed by atoms with E-state index in [4.69, 9.17) is 19.7 Å². The maximum absolute atomic E-state index is 11.2. The molecular formula is C17H16N2O9S2. The van der Waals surface area contributed by atoms with E-state index in [2.05, 4.69) is 9.98 Å². The second-order valence-corrected chi connectivity index (χ2v) is 8.64. The Bertz CT molecular complexity index is 1030. The number of thiazole rings is 1. The average molecular weight is 456 g/mol. The number of carbonyl (C=O) groups is 2. The van der Waals surface area contributed by atoms with E-state index in [1.54, 1.807) is 12.1 Å². The quantitative estimate of drug-likeness (QED) is 0.392. The number of carboxylic acids is 2. The maximum Gasteiger partial charge on any atom is 0.335 e. The summed E-state index contributed by atoms with van der Waals surface area (Å²) in [4.78, 5) is 30.8. The van der Waals surface area contributed by atoms with Crippen molar-refractivity contribution in [1.29, 1.82) is 0 Å². The number of hydrogen-bond donors (Lipinski definition) is 5. The highest BCUT2D eigenvalue weighted by Gasteiger charge is 2.48. The molecule has 11 nitrogen and oxygen atoms in total. The zero-order valence-corrected chi connectivity index (χ0v) is 16.6. The lowest BCUT2D eigenvalue weighted by atomic mass is 9.99. The number of fused-ring (bicyclic) bond motifs is 1. The van der Waals surface area contributed by atoms with Gasteiger partial charge in [0.25, 0.3) is 0 Å². The van der Waals surface area contributed by atoms with Crippen LogP contribution in [0.5, 0.6) is 5.75 Å². The highest BCUT2D eigenvalue weighted by molar-refractivity contribution is 8.15. The van der Waals surface area contributed by atoms with Crippen molar-refractivity contribution in [2.45, 2.75) is 36.7 Å². The highest BCUT2D eigenvalue weighted by atomic mass is 32.2. The van der Waals surface area contributed by atoms with E-state index < -0.39 is 48.7 Å². The number of aromatic nitrogens is 1. The van der Waals surface area contributed by atoms with Gasteiger partial charge in [0, 0.05) is 5.75 Å². The molecule has 6 atom stereocenters. The largest absolute Gasteiger partial charge is 0.480 e. The third kappa shape index (κ3) is 3.87. The van der Waals surface area contributed by atoms with Crippen LogP contribution >= 0.6 is 23.1 Å². The number of ether oxygens (including phenoxy) is 2. The van der Waals surface area contributed by atoms with E-state index in [-0.39, 0.29) is 5.75 Å². The van der Waals surface area contributed by atoms with Gasteiger partial charge in [-0.3, -0.25) is 4.99 Å². The molecule has 3 heterocycles. The molecule has 13 heteroatoms. The number of carboxylic acid groups (broad SMARTS) is 2. The van der Waals surface area contributed by atoms with Gasteiger partial charge in [0.15, 0.2) is 12.1 Å². The van der Waals surface area contributed by atoms with Gasteiger partial charge in [-0.2, -0.15) is 0 Å². The molecule has 0 radical (unpaired) electrons. The first kappa shape index (κ1) is 21.0. The number of rotatable bonds is 5. The van der Waals surface area contributed by atoms with Crippen molar-refractivity contribution in [3.8, 4) is 5.75 Å². The highest BCUT2D eigenvalue weighted by Crippen LogP contribution is 2.33. The molecule has 1 saturated heterocycles. The maximum atomic E-state index is 11.2. The number of thioether (sulfide) groups is 1. The minimum Gasteiger partial charge on any atom is -0.480 e. The van der Waals surface area contributed by atoms with Crippen molar-refractivity contribution >= 4 is 50.3 Å². The first-order valence-corrected chi connectivity index (χ1v) is 10.5. The molecule has 1 aromatic heterocycles. The van der Waals surface area contributed by atoms with Crippen molar-refractivity contribution in [3.63, 3.8) is 0 Å². The Kier molecular flexibility index (Phi) is 5.65. The second-order valence-electron chi connectivity index (χ2n) is 6.60. The van der Waals surface area contributed by atoms with Crippen LogP contribution in [0.3, 0.4) is 0 Å². The Morgan fingerprint density at radius 1 is 1.10 bits per heavy atom. The molecule has 1 fully saturated rings. The standard InChI is InChI=1S/C17H16N2O9S2/c20-9-10(21)12(16(25)26)28-17(11(9)22)27-5-1-2-6-8(3-5)30-14(18-6)13-19-7(4-29-13)15(23)24/h1-3,7,9-12,17,20-22H,4H2,(H,23,24)(H,25,26)/t7-,9+,10+,11-,12+,17-/m1/s1. The number of benzene rings is 1. The molecule has 1 aromatic carbocycles. The summed E-state index contributed by atoms with van der Waals surface area (Å²) < 4.78 is 11.3. The van der Waals surface area contributed by atoms with Gasteiger partial charge in [0.1, 0.15) is 34.1 Å². The summed E-state index contributed by atoms with van der Waals surface area (Å²) in [6.07, 6.45) is -8.50. The summed E-state index contributed by atoms with van der Waals surface area (Å²) in [5.41, 5.74) is 0.619. The van der Waals surface area contributed by atoms with Gasteiger partial charge in [-0.1, -0.05) is 0 Å². The smallest absolute Gasteiger partial charge is 0.335 e. The van der Waals surface area contributed by atoms with E-state index >= 15 is 0 Å². The lowest BCUT2D eigenvalue weighted by Crippen LogP contribution is -2.61. The Morgan fingerprint density at radius 3 is 2.53 bits per heavy atom. The predicted molar refractivity (Wildman–Crippen MR) is 105 cm³/mol. The fourth-order valence-corrected chi connectivity index (χ4v) is 5.06. The second kappa shape index (κ2) is 8.09. The molecule has 2 aliphatic heterocycles. The molecule has 5 N–H and O–H groups in total. The van der Waals surface area contributed by atoms with Crippen LogP contribution in [0.1, 0.15) is 5.01 Å². The predicted octanol–water partition coefficient (Wildman–Crippen LogP) is -0.486. The molecule has 0 amide bonds. The zero-order chi connectivity index (χ0) is 21.6. The minimum absolute atomic E-state index is 0.221. The fraction of sp³-hybridized carbons (Fsp3) is 0.412. The van der Waals surface area contributed by atoms with E-state index in [9.17, 15) is 24.9 Å². The van der Waals surface area contributed by atoms with Crippen LogP contribution in [0.2, 0.25) is 0 Å². The number of hydrogen-bond acceptors (Lipinski definition) is 11. The molecule has 0 aliphatic carbocycles. The first-order chi connectivity index (χ1) is 14.2. The zero-order valence-electron chi connectivity index (χ0n) is 15.0. The molecule has 2 aromatic rings. The topological polar surface area (TPSA) is 179 Å². The summed E-state index contributed by atoms with van der Waals surface area (Å²) in [5.74, 6) is -1.93. The Hall–Kier alpha value is -2.29. The van der Waals surface area contributed by atoms with E-state index in [0.717, 1.165) is 0 Å². The Labute approximate surface area is 176 Å². The number of aliphatic hydroxyl groups excluding tert-OH is 3. The molecule has 2 aliphatic rings. The lowest BCUT2D eigenvalue weighted by molar-refractivity contribution is -0.271. The van der Waals surface area contributed by atoms with Crippen LogP contribution in [0.25, 0.3) is 10.2 Å². The van der Waals surface area contributed by atoms with Gasteiger partial charge in [-0.05, 0) is 18.2 Å². The van der Waals surface area contributed by atoms with Crippen molar-refractivity contribution in [2.24, 2.45) is 4.99 Å². The van der Waals surface area contributed by atoms with Gasteiger partial charge >= 0.3 is 11.9 Å². The molecule has 160 valence electrons. The number of aliphatic hydroxyl groups is 3. The number of aliphatic imine (C=N–C) groups is 1. The van der Waals surface area contributed by atoms with Crippen LogP contribution in [0.4, 0.5) is 0 Å². The van der Waals surface area contributed by atoms with Crippen LogP contribution in [-0.4, -0.2) is 90.0 Å².